The van der Waals surface area contributed by atoms with Crippen molar-refractivity contribution in [2.75, 3.05) is 0 Å². The van der Waals surface area contributed by atoms with Crippen LogP contribution in [0.1, 0.15) is 63.5 Å². The summed E-state index contributed by atoms with van der Waals surface area (Å²) in [6.07, 6.45) is 8.71. The molecule has 5 heterocycles. The first-order chi connectivity index (χ1) is 24.0. The summed E-state index contributed by atoms with van der Waals surface area (Å²) in [5, 5.41) is 0. The van der Waals surface area contributed by atoms with E-state index in [-0.39, 0.29) is 11.6 Å². The molecule has 0 aliphatic carbocycles. The number of rotatable bonds is 12. The molecule has 0 saturated carbocycles. The first kappa shape index (κ1) is 32.8. The van der Waals surface area contributed by atoms with Gasteiger partial charge in [0, 0.05) is 60.6 Å². The molecule has 0 spiro atoms. The monoisotopic (exact) mass is 740 g/mol. The van der Waals surface area contributed by atoms with Crippen LogP contribution in [0.5, 0.6) is 0 Å². The molecule has 0 unspecified atom stereocenters. The lowest BCUT2D eigenvalue weighted by Gasteiger charge is -2.05. The maximum Gasteiger partial charge on any atom is 0.132 e. The maximum absolute atomic E-state index is 15.1. The zero-order valence-corrected chi connectivity index (χ0v) is 31.4. The van der Waals surface area contributed by atoms with Gasteiger partial charge in [0.15, 0.2) is 0 Å². The molecule has 0 atom stereocenters. The minimum Gasteiger partial charge on any atom is -0.206 e. The Morgan fingerprint density at radius 3 is 1.20 bits per heavy atom. The van der Waals surface area contributed by atoms with Gasteiger partial charge < -0.3 is 0 Å². The van der Waals surface area contributed by atoms with E-state index in [2.05, 4.69) is 62.4 Å². The molecule has 2 nitrogen and oxygen atoms in total. The number of nitrogens with zero attached hydrogens (tertiary/aromatic N) is 2. The zero-order valence-electron chi connectivity index (χ0n) is 27.3. The van der Waals surface area contributed by atoms with Gasteiger partial charge in [-0.15, -0.1) is 45.3 Å². The van der Waals surface area contributed by atoms with Gasteiger partial charge in [-0.05, 0) is 73.2 Å². The molecule has 3 aromatic carbocycles. The normalized spacial score (nSPS) is 11.9. The molecule has 0 aliphatic rings. The summed E-state index contributed by atoms with van der Waals surface area (Å²) in [6.45, 7) is 4.37. The fourth-order valence-electron chi connectivity index (χ4n) is 6.45. The van der Waals surface area contributed by atoms with Crippen LogP contribution in [0, 0.1) is 11.6 Å². The van der Waals surface area contributed by atoms with Gasteiger partial charge in [0.1, 0.15) is 22.7 Å². The molecule has 49 heavy (non-hydrogen) atoms. The Bertz CT molecular complexity index is 2190. The van der Waals surface area contributed by atoms with Crippen LogP contribution in [0.15, 0.2) is 72.8 Å². The van der Waals surface area contributed by atoms with Gasteiger partial charge in [0.05, 0.1) is 11.7 Å². The predicted octanol–water partition coefficient (Wildman–Crippen LogP) is 14.7. The van der Waals surface area contributed by atoms with Crippen molar-refractivity contribution < 1.29 is 8.78 Å². The molecule has 8 rings (SSSR count). The Labute approximate surface area is 305 Å². The standard InChI is InChI=1S/C40H34F2N2S5/c1-3-5-7-9-23-11-13-25(29(41)17-23)31-19-35-37(45-31)21-33(47-35)27-15-16-28(40-39(27)43-49-44-40)34-22-38-36(48-34)20-32(46-38)26-14-12-24(18-30(26)42)10-8-6-4-2/h11-22H,3-10H2,1-2H3. The summed E-state index contributed by atoms with van der Waals surface area (Å²) < 4.78 is 44.4. The van der Waals surface area contributed by atoms with Crippen molar-refractivity contribution in [2.24, 2.45) is 0 Å². The van der Waals surface area contributed by atoms with E-state index < -0.39 is 0 Å². The number of hydrogen-bond donors (Lipinski definition) is 0. The van der Waals surface area contributed by atoms with E-state index in [1.54, 1.807) is 57.5 Å². The van der Waals surface area contributed by atoms with E-state index in [4.69, 9.17) is 8.75 Å². The second-order valence-corrected chi connectivity index (χ2v) is 17.4. The molecule has 0 radical (unpaired) electrons. The van der Waals surface area contributed by atoms with Crippen LogP contribution in [0.3, 0.4) is 0 Å². The van der Waals surface area contributed by atoms with Crippen LogP contribution in [-0.2, 0) is 12.8 Å². The molecule has 0 bridgehead atoms. The molecule has 0 amide bonds. The van der Waals surface area contributed by atoms with Gasteiger partial charge in [-0.3, -0.25) is 0 Å². The SMILES string of the molecule is CCCCCc1ccc(-c2cc3sc(-c4ccc(-c5cc6sc(-c7ccc(CCCCC)cc7F)cc6s5)c5nsnc45)cc3s2)c(F)c1. The van der Waals surface area contributed by atoms with Crippen molar-refractivity contribution >= 4 is 86.9 Å². The summed E-state index contributed by atoms with van der Waals surface area (Å²) in [5.74, 6) is -0.282. The Kier molecular flexibility index (Phi) is 9.46. The van der Waals surface area contributed by atoms with E-state index in [9.17, 15) is 0 Å². The van der Waals surface area contributed by atoms with Crippen LogP contribution in [0.4, 0.5) is 8.78 Å². The first-order valence-electron chi connectivity index (χ1n) is 16.9. The van der Waals surface area contributed by atoms with E-state index in [0.29, 0.717) is 11.1 Å². The zero-order chi connectivity index (χ0) is 33.5. The summed E-state index contributed by atoms with van der Waals surface area (Å²) in [7, 11) is 0. The van der Waals surface area contributed by atoms with Gasteiger partial charge in [0.2, 0.25) is 0 Å². The lowest BCUT2D eigenvalue weighted by molar-refractivity contribution is 0.626. The van der Waals surface area contributed by atoms with Crippen LogP contribution in [0.25, 0.3) is 71.6 Å². The van der Waals surface area contributed by atoms with Crippen LogP contribution >= 0.6 is 57.1 Å². The molecule has 0 fully saturated rings. The fourth-order valence-corrected chi connectivity index (χ4v) is 11.9. The van der Waals surface area contributed by atoms with Crippen LogP contribution in [-0.4, -0.2) is 8.75 Å². The fraction of sp³-hybridized carbons (Fsp3) is 0.250. The van der Waals surface area contributed by atoms with Crippen molar-refractivity contribution in [3.63, 3.8) is 0 Å². The number of unbranched alkanes of at least 4 members (excludes halogenated alkanes) is 4. The van der Waals surface area contributed by atoms with Crippen molar-refractivity contribution in [3.05, 3.63) is 95.6 Å². The van der Waals surface area contributed by atoms with Crippen molar-refractivity contribution in [3.8, 4) is 41.8 Å². The third kappa shape index (κ3) is 6.52. The second-order valence-electron chi connectivity index (χ2n) is 12.6. The quantitative estimate of drug-likeness (QED) is 0.117. The third-order valence-electron chi connectivity index (χ3n) is 9.10. The molecule has 5 aromatic heterocycles. The maximum atomic E-state index is 15.1. The number of aryl methyl sites for hydroxylation is 2. The largest absolute Gasteiger partial charge is 0.206 e. The minimum absolute atomic E-state index is 0.141. The highest BCUT2D eigenvalue weighted by molar-refractivity contribution is 7.31. The predicted molar refractivity (Wildman–Crippen MR) is 212 cm³/mol. The lowest BCUT2D eigenvalue weighted by Crippen LogP contribution is -1.89. The summed E-state index contributed by atoms with van der Waals surface area (Å²) >= 11 is 7.95. The van der Waals surface area contributed by atoms with Gasteiger partial charge in [-0.2, -0.15) is 8.75 Å². The number of thiophene rings is 4. The molecule has 0 aliphatic heterocycles. The molecule has 248 valence electrons. The Balaban J connectivity index is 1.04. The number of fused-ring (bicyclic) bond motifs is 3. The van der Waals surface area contributed by atoms with E-state index >= 15 is 8.78 Å². The molecule has 0 saturated heterocycles. The topological polar surface area (TPSA) is 25.8 Å². The Morgan fingerprint density at radius 2 is 0.837 bits per heavy atom. The minimum atomic E-state index is -0.141. The number of aromatic nitrogens is 2. The van der Waals surface area contributed by atoms with E-state index in [1.807, 2.05) is 12.1 Å². The highest BCUT2D eigenvalue weighted by atomic mass is 32.1. The van der Waals surface area contributed by atoms with Gasteiger partial charge in [0.25, 0.3) is 0 Å². The van der Waals surface area contributed by atoms with Crippen molar-refractivity contribution in [2.45, 2.75) is 65.2 Å². The van der Waals surface area contributed by atoms with Gasteiger partial charge in [-0.1, -0.05) is 75.9 Å². The molecule has 0 N–H and O–H groups in total. The molecule has 8 aromatic rings. The van der Waals surface area contributed by atoms with E-state index in [1.165, 1.54) is 24.6 Å². The van der Waals surface area contributed by atoms with Gasteiger partial charge in [-0.25, -0.2) is 8.78 Å². The average molecular weight is 741 g/mol. The number of benzene rings is 3. The van der Waals surface area contributed by atoms with Crippen molar-refractivity contribution in [1.82, 2.24) is 8.75 Å². The highest BCUT2D eigenvalue weighted by Crippen LogP contribution is 2.47. The Hall–Kier alpha value is -3.34. The second kappa shape index (κ2) is 14.1. The lowest BCUT2D eigenvalue weighted by atomic mass is 10.0. The van der Waals surface area contributed by atoms with Gasteiger partial charge >= 0.3 is 0 Å². The summed E-state index contributed by atoms with van der Waals surface area (Å²) in [4.78, 5) is 4.20. The van der Waals surface area contributed by atoms with E-state index in [0.717, 1.165) is 110 Å². The summed E-state index contributed by atoms with van der Waals surface area (Å²) in [6, 6.07) is 24.4. The number of hydrogen-bond acceptors (Lipinski definition) is 7. The molecular formula is C40H34F2N2S5. The first-order valence-corrected chi connectivity index (χ1v) is 20.9. The average Bonchev–Trinajstić information content (AvgIpc) is 3.91. The highest BCUT2D eigenvalue weighted by Gasteiger charge is 2.20. The van der Waals surface area contributed by atoms with Crippen LogP contribution in [0.2, 0.25) is 0 Å². The van der Waals surface area contributed by atoms with Crippen molar-refractivity contribution in [1.29, 1.82) is 0 Å². The van der Waals surface area contributed by atoms with Crippen LogP contribution < -0.4 is 0 Å². The smallest absolute Gasteiger partial charge is 0.132 e. The molecule has 9 heteroatoms. The summed E-state index contributed by atoms with van der Waals surface area (Å²) in [5.41, 5.74) is 7.43. The number of halogens is 2. The Morgan fingerprint density at radius 1 is 0.469 bits per heavy atom. The third-order valence-corrected chi connectivity index (χ3v) is 14.3. The molecular weight excluding hydrogens is 707 g/mol.